The summed E-state index contributed by atoms with van der Waals surface area (Å²) in [5, 5.41) is 3.89. The van der Waals surface area contributed by atoms with Crippen LogP contribution in [0, 0.1) is 0 Å². The Bertz CT molecular complexity index is 1540. The van der Waals surface area contributed by atoms with E-state index < -0.39 is 5.92 Å². The van der Waals surface area contributed by atoms with Crippen molar-refractivity contribution < 1.29 is 22.8 Å². The Labute approximate surface area is 227 Å². The molecule has 4 aromatic rings. The van der Waals surface area contributed by atoms with E-state index in [1.165, 1.54) is 23.4 Å². The molecular formula is C28H24ClF2N5O3. The normalized spacial score (nSPS) is 15.1. The minimum Gasteiger partial charge on any atom is -0.462 e. The van der Waals surface area contributed by atoms with Gasteiger partial charge in [0.2, 0.25) is 5.91 Å². The number of furan rings is 1. The number of likely N-dealkylation sites (tertiary alicyclic amines) is 1. The number of fused-ring (bicyclic) bond motifs is 1. The van der Waals surface area contributed by atoms with Crippen molar-refractivity contribution in [3.05, 3.63) is 82.8 Å². The molecule has 8 nitrogen and oxygen atoms in total. The van der Waals surface area contributed by atoms with Crippen molar-refractivity contribution in [2.45, 2.75) is 25.3 Å². The topological polar surface area (TPSA) is 114 Å². The van der Waals surface area contributed by atoms with E-state index in [0.717, 1.165) is 11.1 Å². The lowest BCUT2D eigenvalue weighted by Crippen LogP contribution is -2.42. The van der Waals surface area contributed by atoms with Crippen molar-refractivity contribution in [1.29, 1.82) is 0 Å². The molecule has 0 atom stereocenters. The number of nitrogens with zero attached hydrogens (tertiary/aromatic N) is 3. The first kappa shape index (κ1) is 26.3. The third-order valence-corrected chi connectivity index (χ3v) is 6.77. The first-order valence-electron chi connectivity index (χ1n) is 12.2. The quantitative estimate of drug-likeness (QED) is 0.313. The molecule has 0 spiro atoms. The summed E-state index contributed by atoms with van der Waals surface area (Å²) in [4.78, 5) is 34.9. The summed E-state index contributed by atoms with van der Waals surface area (Å²) in [6.07, 6.45) is 6.88. The fourth-order valence-electron chi connectivity index (χ4n) is 4.27. The molecule has 1 aliphatic rings. The highest BCUT2D eigenvalue weighted by Gasteiger charge is 2.35. The van der Waals surface area contributed by atoms with Crippen molar-refractivity contribution in [3.63, 3.8) is 0 Å². The number of halogens is 3. The summed E-state index contributed by atoms with van der Waals surface area (Å²) in [5.41, 5.74) is 9.08. The van der Waals surface area contributed by atoms with Gasteiger partial charge in [-0.1, -0.05) is 11.6 Å². The highest BCUT2D eigenvalue weighted by Crippen LogP contribution is 2.33. The molecule has 0 bridgehead atoms. The van der Waals surface area contributed by atoms with E-state index in [2.05, 4.69) is 15.3 Å². The van der Waals surface area contributed by atoms with Crippen molar-refractivity contribution in [2.24, 2.45) is 0 Å². The predicted octanol–water partition coefficient (Wildman–Crippen LogP) is 5.33. The van der Waals surface area contributed by atoms with Crippen LogP contribution in [0.5, 0.6) is 0 Å². The van der Waals surface area contributed by atoms with E-state index in [4.69, 9.17) is 21.8 Å². The van der Waals surface area contributed by atoms with E-state index in [0.29, 0.717) is 38.6 Å². The zero-order valence-corrected chi connectivity index (χ0v) is 21.4. The molecule has 3 aromatic heterocycles. The van der Waals surface area contributed by atoms with Gasteiger partial charge in [-0.05, 0) is 48.0 Å². The molecule has 1 aliphatic heterocycles. The number of amides is 2. The number of nitrogens with two attached hydrogens (primary N) is 1. The van der Waals surface area contributed by atoms with Gasteiger partial charge in [0.1, 0.15) is 5.82 Å². The van der Waals surface area contributed by atoms with Gasteiger partial charge < -0.3 is 20.4 Å². The number of carbonyl (C=O) groups is 2. The Morgan fingerprint density at radius 2 is 1.92 bits per heavy atom. The lowest BCUT2D eigenvalue weighted by atomic mass is 10.0. The predicted molar refractivity (Wildman–Crippen MR) is 144 cm³/mol. The Hall–Kier alpha value is -4.31. The Morgan fingerprint density at radius 1 is 1.13 bits per heavy atom. The number of nitrogens with one attached hydrogen (secondary N) is 1. The fourth-order valence-corrected chi connectivity index (χ4v) is 4.53. The standard InChI is InChI=1S/C28H24ClF2N5O3/c29-22-12-19(23-4-3-18(14-33-23)27(38)36-9-7-28(30,31)8-10-36)11-21-20(16-39-26(21)22)15-35-25(37)6-2-17-1-5-24(32)34-13-17/h1-6,11-14,16H,7-10,15H2,(H2,32,34)(H,35,37)/b6-2+. The van der Waals surface area contributed by atoms with Gasteiger partial charge in [-0.15, -0.1) is 0 Å². The lowest BCUT2D eigenvalue weighted by Gasteiger charge is -2.31. The maximum atomic E-state index is 13.4. The Kier molecular flexibility index (Phi) is 7.30. The average Bonchev–Trinajstić information content (AvgIpc) is 3.35. The average molecular weight is 552 g/mol. The van der Waals surface area contributed by atoms with E-state index in [1.807, 2.05) is 6.07 Å². The monoisotopic (exact) mass is 551 g/mol. The van der Waals surface area contributed by atoms with Crippen molar-refractivity contribution in [2.75, 3.05) is 18.8 Å². The summed E-state index contributed by atoms with van der Waals surface area (Å²) in [7, 11) is 0. The van der Waals surface area contributed by atoms with Crippen LogP contribution in [0.15, 0.2) is 65.5 Å². The zero-order chi connectivity index (χ0) is 27.6. The molecule has 1 aromatic carbocycles. The van der Waals surface area contributed by atoms with Crippen LogP contribution in [0.3, 0.4) is 0 Å². The third kappa shape index (κ3) is 6.06. The maximum absolute atomic E-state index is 13.4. The van der Waals surface area contributed by atoms with E-state index in [1.54, 1.807) is 42.6 Å². The van der Waals surface area contributed by atoms with E-state index in [9.17, 15) is 18.4 Å². The summed E-state index contributed by atoms with van der Waals surface area (Å²) in [5.74, 6) is -2.96. The van der Waals surface area contributed by atoms with Crippen LogP contribution in [-0.4, -0.2) is 45.7 Å². The Balaban J connectivity index is 1.28. The minimum atomic E-state index is -2.72. The number of pyridine rings is 2. The number of benzene rings is 1. The molecule has 0 unspecified atom stereocenters. The van der Waals surface area contributed by atoms with Gasteiger partial charge in [0, 0.05) is 67.5 Å². The number of rotatable bonds is 6. The summed E-state index contributed by atoms with van der Waals surface area (Å²) < 4.78 is 32.5. The Morgan fingerprint density at radius 3 is 2.62 bits per heavy atom. The van der Waals surface area contributed by atoms with Crippen LogP contribution < -0.4 is 11.1 Å². The second-order valence-electron chi connectivity index (χ2n) is 9.24. The summed E-state index contributed by atoms with van der Waals surface area (Å²) in [6, 6.07) is 10.3. The van der Waals surface area contributed by atoms with E-state index in [-0.39, 0.29) is 44.3 Å². The number of alkyl halides is 2. The minimum absolute atomic E-state index is 0.00798. The van der Waals surface area contributed by atoms with Gasteiger partial charge in [-0.3, -0.25) is 14.6 Å². The molecule has 0 aliphatic carbocycles. The van der Waals surface area contributed by atoms with Crippen LogP contribution in [0.4, 0.5) is 14.6 Å². The smallest absolute Gasteiger partial charge is 0.255 e. The van der Waals surface area contributed by atoms with Gasteiger partial charge in [-0.25, -0.2) is 13.8 Å². The number of carbonyl (C=O) groups excluding carboxylic acids is 2. The zero-order valence-electron chi connectivity index (χ0n) is 20.7. The number of hydrogen-bond acceptors (Lipinski definition) is 6. The van der Waals surface area contributed by atoms with Gasteiger partial charge in [0.05, 0.1) is 22.5 Å². The highest BCUT2D eigenvalue weighted by atomic mass is 35.5. The molecule has 1 saturated heterocycles. The number of piperidine rings is 1. The van der Waals surface area contributed by atoms with Gasteiger partial charge in [-0.2, -0.15) is 0 Å². The van der Waals surface area contributed by atoms with Crippen molar-refractivity contribution >= 4 is 46.3 Å². The molecule has 3 N–H and O–H groups in total. The lowest BCUT2D eigenvalue weighted by molar-refractivity contribution is -0.116. The summed E-state index contributed by atoms with van der Waals surface area (Å²) in [6.45, 7) is 0.216. The van der Waals surface area contributed by atoms with Crippen LogP contribution in [0.1, 0.15) is 34.3 Å². The number of anilines is 1. The van der Waals surface area contributed by atoms with Crippen molar-refractivity contribution in [1.82, 2.24) is 20.2 Å². The molecule has 39 heavy (non-hydrogen) atoms. The molecule has 5 rings (SSSR count). The molecule has 0 radical (unpaired) electrons. The van der Waals surface area contributed by atoms with Crippen LogP contribution >= 0.6 is 11.6 Å². The SMILES string of the molecule is Nc1ccc(/C=C/C(=O)NCc2coc3c(Cl)cc(-c4ccc(C(=O)N5CCC(F)(F)CC5)cn4)cc23)cn1. The second-order valence-corrected chi connectivity index (χ2v) is 9.65. The number of aromatic nitrogens is 2. The van der Waals surface area contributed by atoms with Crippen molar-refractivity contribution in [3.8, 4) is 11.3 Å². The molecule has 200 valence electrons. The first-order valence-corrected chi connectivity index (χ1v) is 12.6. The molecule has 2 amide bonds. The van der Waals surface area contributed by atoms with Crippen LogP contribution in [0.25, 0.3) is 28.3 Å². The third-order valence-electron chi connectivity index (χ3n) is 6.49. The first-order chi connectivity index (χ1) is 18.7. The number of nitrogen functional groups attached to an aromatic ring is 1. The van der Waals surface area contributed by atoms with Gasteiger partial charge >= 0.3 is 0 Å². The van der Waals surface area contributed by atoms with E-state index >= 15 is 0 Å². The molecular weight excluding hydrogens is 528 g/mol. The summed E-state index contributed by atoms with van der Waals surface area (Å²) >= 11 is 6.47. The van der Waals surface area contributed by atoms with Gasteiger partial charge in [0.15, 0.2) is 5.58 Å². The van der Waals surface area contributed by atoms with Crippen LogP contribution in [0.2, 0.25) is 5.02 Å². The molecule has 1 fully saturated rings. The fraction of sp³-hybridized carbons (Fsp3) is 0.214. The second kappa shape index (κ2) is 10.8. The maximum Gasteiger partial charge on any atom is 0.255 e. The molecule has 0 saturated carbocycles. The highest BCUT2D eigenvalue weighted by molar-refractivity contribution is 6.35. The molecule has 4 heterocycles. The van der Waals surface area contributed by atoms with Crippen LogP contribution in [-0.2, 0) is 11.3 Å². The number of hydrogen-bond donors (Lipinski definition) is 2. The van der Waals surface area contributed by atoms with Gasteiger partial charge in [0.25, 0.3) is 11.8 Å². The molecule has 11 heteroatoms. The largest absolute Gasteiger partial charge is 0.462 e.